The Morgan fingerprint density at radius 2 is 2.00 bits per heavy atom. The second-order valence-corrected chi connectivity index (χ2v) is 6.09. The van der Waals surface area contributed by atoms with Crippen LogP contribution >= 0.6 is 0 Å². The molecule has 1 heterocycles. The molecular weight excluding hydrogens is 320 g/mol. The van der Waals surface area contributed by atoms with Crippen LogP contribution in [0.3, 0.4) is 0 Å². The van der Waals surface area contributed by atoms with E-state index in [1.54, 1.807) is 24.3 Å². The number of hydrogen-bond acceptors (Lipinski definition) is 4. The summed E-state index contributed by atoms with van der Waals surface area (Å²) in [5, 5.41) is 11.9. The zero-order valence-electron chi connectivity index (χ0n) is 13.7. The molecule has 2 aromatic rings. The third-order valence-corrected chi connectivity index (χ3v) is 4.22. The number of rotatable bonds is 7. The zero-order valence-corrected chi connectivity index (χ0v) is 13.7. The van der Waals surface area contributed by atoms with Crippen molar-refractivity contribution in [2.75, 3.05) is 0 Å². The van der Waals surface area contributed by atoms with Gasteiger partial charge in [0, 0.05) is 17.8 Å². The maximum atomic E-state index is 12.5. The second kappa shape index (κ2) is 7.79. The van der Waals surface area contributed by atoms with Crippen LogP contribution < -0.4 is 10.1 Å². The van der Waals surface area contributed by atoms with Gasteiger partial charge in [0.05, 0.1) is 12.5 Å². The van der Waals surface area contributed by atoms with Gasteiger partial charge in [-0.2, -0.15) is 0 Å². The number of aromatic nitrogens is 1. The second-order valence-electron chi connectivity index (χ2n) is 6.09. The predicted molar refractivity (Wildman–Crippen MR) is 91.4 cm³/mol. The van der Waals surface area contributed by atoms with Crippen LogP contribution in [0.1, 0.15) is 47.6 Å². The van der Waals surface area contributed by atoms with E-state index in [0.29, 0.717) is 11.4 Å². The summed E-state index contributed by atoms with van der Waals surface area (Å²) in [7, 11) is 0. The third kappa shape index (κ3) is 4.56. The van der Waals surface area contributed by atoms with Crippen LogP contribution in [0.25, 0.3) is 0 Å². The van der Waals surface area contributed by atoms with Gasteiger partial charge in [0.15, 0.2) is 0 Å². The van der Waals surface area contributed by atoms with Gasteiger partial charge in [0.1, 0.15) is 6.10 Å². The number of aliphatic carboxylic acids is 1. The molecule has 6 nitrogen and oxygen atoms in total. The van der Waals surface area contributed by atoms with Crippen LogP contribution in [-0.4, -0.2) is 28.1 Å². The van der Waals surface area contributed by atoms with E-state index in [1.165, 1.54) is 6.20 Å². The Hall–Kier alpha value is -2.89. The minimum Gasteiger partial charge on any atom is -0.481 e. The molecule has 1 saturated carbocycles. The van der Waals surface area contributed by atoms with Gasteiger partial charge in [0.2, 0.25) is 5.88 Å². The molecule has 1 aromatic carbocycles. The van der Waals surface area contributed by atoms with Crippen LogP contribution in [0.2, 0.25) is 0 Å². The molecule has 0 spiro atoms. The minimum absolute atomic E-state index is 0.176. The number of nitrogens with zero attached hydrogens (tertiary/aromatic N) is 1. The standard InChI is InChI=1S/C19H20N2O4/c22-18(23)12-16(13-5-2-1-3-6-13)21-19(24)14-9-10-20-17(11-14)25-15-7-4-8-15/h1-3,5-6,9-11,15-16H,4,7-8,12H2,(H,21,24)(H,22,23). The Bertz CT molecular complexity index is 744. The van der Waals surface area contributed by atoms with Crippen molar-refractivity contribution in [3.05, 3.63) is 59.8 Å². The average Bonchev–Trinajstić information content (AvgIpc) is 2.58. The molecule has 1 aliphatic rings. The van der Waals surface area contributed by atoms with E-state index in [2.05, 4.69) is 10.3 Å². The molecule has 1 aliphatic carbocycles. The number of carboxylic acids is 1. The largest absolute Gasteiger partial charge is 0.481 e. The van der Waals surface area contributed by atoms with E-state index in [1.807, 2.05) is 18.2 Å². The first-order valence-electron chi connectivity index (χ1n) is 8.32. The molecule has 1 unspecified atom stereocenters. The number of pyridine rings is 1. The highest BCUT2D eigenvalue weighted by atomic mass is 16.5. The number of carbonyl (C=O) groups excluding carboxylic acids is 1. The summed E-state index contributed by atoms with van der Waals surface area (Å²) in [6, 6.07) is 11.6. The normalized spacial score (nSPS) is 15.0. The van der Waals surface area contributed by atoms with Crippen molar-refractivity contribution in [3.63, 3.8) is 0 Å². The van der Waals surface area contributed by atoms with Crippen molar-refractivity contribution in [1.82, 2.24) is 10.3 Å². The Balaban J connectivity index is 1.72. The molecule has 0 saturated heterocycles. The van der Waals surface area contributed by atoms with Crippen LogP contribution in [-0.2, 0) is 4.79 Å². The summed E-state index contributed by atoms with van der Waals surface area (Å²) in [5.41, 5.74) is 1.15. The highest BCUT2D eigenvalue weighted by molar-refractivity contribution is 5.94. The smallest absolute Gasteiger partial charge is 0.305 e. The fraction of sp³-hybridized carbons (Fsp3) is 0.316. The highest BCUT2D eigenvalue weighted by Gasteiger charge is 2.21. The minimum atomic E-state index is -0.974. The van der Waals surface area contributed by atoms with Crippen molar-refractivity contribution < 1.29 is 19.4 Å². The summed E-state index contributed by atoms with van der Waals surface area (Å²) in [4.78, 5) is 27.8. The van der Waals surface area contributed by atoms with Crippen LogP contribution in [0.15, 0.2) is 48.7 Å². The topological polar surface area (TPSA) is 88.5 Å². The van der Waals surface area contributed by atoms with Gasteiger partial charge in [-0.1, -0.05) is 30.3 Å². The molecule has 2 N–H and O–H groups in total. The Morgan fingerprint density at radius 1 is 1.24 bits per heavy atom. The van der Waals surface area contributed by atoms with Crippen molar-refractivity contribution in [2.45, 2.75) is 37.8 Å². The summed E-state index contributed by atoms with van der Waals surface area (Å²) in [6.07, 6.45) is 4.68. The first-order chi connectivity index (χ1) is 12.1. The molecule has 1 atom stereocenters. The van der Waals surface area contributed by atoms with E-state index in [0.717, 1.165) is 24.8 Å². The van der Waals surface area contributed by atoms with E-state index in [-0.39, 0.29) is 18.4 Å². The lowest BCUT2D eigenvalue weighted by Crippen LogP contribution is -2.30. The van der Waals surface area contributed by atoms with Gasteiger partial charge in [-0.15, -0.1) is 0 Å². The zero-order chi connectivity index (χ0) is 17.6. The first kappa shape index (κ1) is 17.0. The average molecular weight is 340 g/mol. The van der Waals surface area contributed by atoms with Gasteiger partial charge in [0.25, 0.3) is 5.91 Å². The van der Waals surface area contributed by atoms with Gasteiger partial charge < -0.3 is 15.2 Å². The SMILES string of the molecule is O=C(O)CC(NC(=O)c1ccnc(OC2CCC2)c1)c1ccccc1. The quantitative estimate of drug-likeness (QED) is 0.809. The number of carboxylic acid groups (broad SMARTS) is 1. The molecule has 1 fully saturated rings. The molecule has 0 bridgehead atoms. The predicted octanol–water partition coefficient (Wildman–Crippen LogP) is 2.96. The van der Waals surface area contributed by atoms with E-state index in [4.69, 9.17) is 9.84 Å². The molecule has 6 heteroatoms. The molecule has 25 heavy (non-hydrogen) atoms. The van der Waals surface area contributed by atoms with Gasteiger partial charge in [-0.25, -0.2) is 4.98 Å². The van der Waals surface area contributed by atoms with Gasteiger partial charge >= 0.3 is 5.97 Å². The van der Waals surface area contributed by atoms with Crippen molar-refractivity contribution in [1.29, 1.82) is 0 Å². The van der Waals surface area contributed by atoms with Crippen molar-refractivity contribution in [2.24, 2.45) is 0 Å². The van der Waals surface area contributed by atoms with Crippen LogP contribution in [0, 0.1) is 0 Å². The number of carbonyl (C=O) groups is 2. The van der Waals surface area contributed by atoms with Gasteiger partial charge in [-0.3, -0.25) is 9.59 Å². The van der Waals surface area contributed by atoms with E-state index in [9.17, 15) is 9.59 Å². The molecule has 3 rings (SSSR count). The van der Waals surface area contributed by atoms with Gasteiger partial charge in [-0.05, 0) is 30.9 Å². The lowest BCUT2D eigenvalue weighted by atomic mass is 9.96. The Morgan fingerprint density at radius 3 is 2.64 bits per heavy atom. The highest BCUT2D eigenvalue weighted by Crippen LogP contribution is 2.24. The fourth-order valence-electron chi connectivity index (χ4n) is 2.63. The van der Waals surface area contributed by atoms with Crippen molar-refractivity contribution >= 4 is 11.9 Å². The molecule has 130 valence electrons. The Kier molecular flexibility index (Phi) is 5.28. The number of ether oxygens (including phenoxy) is 1. The fourth-order valence-corrected chi connectivity index (χ4v) is 2.63. The molecule has 1 amide bonds. The number of amides is 1. The summed E-state index contributed by atoms with van der Waals surface area (Å²) >= 11 is 0. The Labute approximate surface area is 145 Å². The third-order valence-electron chi connectivity index (χ3n) is 4.22. The monoisotopic (exact) mass is 340 g/mol. The molecular formula is C19H20N2O4. The number of hydrogen-bond donors (Lipinski definition) is 2. The summed E-state index contributed by atoms with van der Waals surface area (Å²) < 4.78 is 5.71. The van der Waals surface area contributed by atoms with Crippen LogP contribution in [0.4, 0.5) is 0 Å². The lowest BCUT2D eigenvalue weighted by molar-refractivity contribution is -0.137. The lowest BCUT2D eigenvalue weighted by Gasteiger charge is -2.25. The number of benzene rings is 1. The molecule has 1 aromatic heterocycles. The summed E-state index contributed by atoms with van der Waals surface area (Å²) in [5.74, 6) is -0.902. The van der Waals surface area contributed by atoms with E-state index >= 15 is 0 Å². The maximum absolute atomic E-state index is 12.5. The van der Waals surface area contributed by atoms with Crippen LogP contribution in [0.5, 0.6) is 5.88 Å². The van der Waals surface area contributed by atoms with E-state index < -0.39 is 12.0 Å². The van der Waals surface area contributed by atoms with Crippen molar-refractivity contribution in [3.8, 4) is 5.88 Å². The first-order valence-corrected chi connectivity index (χ1v) is 8.32. The molecule has 0 aliphatic heterocycles. The summed E-state index contributed by atoms with van der Waals surface area (Å²) in [6.45, 7) is 0. The number of nitrogens with one attached hydrogen (secondary N) is 1. The molecule has 0 radical (unpaired) electrons. The maximum Gasteiger partial charge on any atom is 0.305 e.